The average Bonchev–Trinajstić information content (AvgIpc) is 3.20. The molecule has 0 N–H and O–H groups in total. The minimum atomic E-state index is -0.734. The molecule has 2 heterocycles. The first kappa shape index (κ1) is 15.9. The summed E-state index contributed by atoms with van der Waals surface area (Å²) in [5, 5.41) is 18.6. The standard InChI is InChI=1S/C14H8ClN5O3S/c15-10-6-9(7-16)3-4-11(10)23-13(21)8-19-14(22)20(18-17-19)12-2-1-5-24-12/h1-6H,8H2. The fraction of sp³-hybridized carbons (Fsp3) is 0.0714. The van der Waals surface area contributed by atoms with Crippen LogP contribution in [-0.4, -0.2) is 25.8 Å². The van der Waals surface area contributed by atoms with E-state index in [0.717, 1.165) is 9.36 Å². The number of tetrazole rings is 1. The Hall–Kier alpha value is -2.96. The van der Waals surface area contributed by atoms with Crippen molar-refractivity contribution in [2.45, 2.75) is 6.54 Å². The molecule has 10 heteroatoms. The van der Waals surface area contributed by atoms with Gasteiger partial charge in [-0.1, -0.05) is 11.6 Å². The summed E-state index contributed by atoms with van der Waals surface area (Å²) in [6.45, 7) is -0.416. The van der Waals surface area contributed by atoms with Gasteiger partial charge in [0.15, 0.2) is 0 Å². The zero-order chi connectivity index (χ0) is 17.1. The van der Waals surface area contributed by atoms with Crippen LogP contribution in [0.5, 0.6) is 5.75 Å². The SMILES string of the molecule is N#Cc1ccc(OC(=O)Cn2nnn(-c3cccs3)c2=O)c(Cl)c1. The number of carbonyl (C=O) groups excluding carboxylic acids is 1. The fourth-order valence-corrected chi connectivity index (χ4v) is 2.72. The largest absolute Gasteiger partial charge is 0.424 e. The molecule has 3 rings (SSSR count). The van der Waals surface area contributed by atoms with Crippen LogP contribution in [0.3, 0.4) is 0 Å². The molecule has 24 heavy (non-hydrogen) atoms. The summed E-state index contributed by atoms with van der Waals surface area (Å²) >= 11 is 7.25. The van der Waals surface area contributed by atoms with Gasteiger partial charge in [0.2, 0.25) is 0 Å². The quantitative estimate of drug-likeness (QED) is 0.516. The van der Waals surface area contributed by atoms with Crippen molar-refractivity contribution in [3.05, 3.63) is 56.8 Å². The molecule has 0 atom stereocenters. The Morgan fingerprint density at radius 2 is 2.21 bits per heavy atom. The fourth-order valence-electron chi connectivity index (χ4n) is 1.83. The maximum atomic E-state index is 12.1. The molecule has 0 aliphatic rings. The van der Waals surface area contributed by atoms with E-state index in [0.29, 0.717) is 10.6 Å². The van der Waals surface area contributed by atoms with E-state index in [1.54, 1.807) is 17.5 Å². The van der Waals surface area contributed by atoms with Crippen molar-refractivity contribution in [3.63, 3.8) is 0 Å². The number of halogens is 1. The average molecular weight is 362 g/mol. The molecular weight excluding hydrogens is 354 g/mol. The molecule has 0 amide bonds. The molecule has 3 aromatic rings. The molecule has 0 aliphatic heterocycles. The molecule has 0 aliphatic carbocycles. The highest BCUT2D eigenvalue weighted by atomic mass is 35.5. The van der Waals surface area contributed by atoms with Gasteiger partial charge in [-0.25, -0.2) is 9.59 Å². The first-order valence-corrected chi connectivity index (χ1v) is 7.81. The van der Waals surface area contributed by atoms with E-state index in [2.05, 4.69) is 10.4 Å². The summed E-state index contributed by atoms with van der Waals surface area (Å²) in [5.41, 5.74) is -0.213. The van der Waals surface area contributed by atoms with Gasteiger partial charge in [-0.15, -0.1) is 11.3 Å². The van der Waals surface area contributed by atoms with Crippen molar-refractivity contribution < 1.29 is 9.53 Å². The highest BCUT2D eigenvalue weighted by Gasteiger charge is 2.15. The number of benzene rings is 1. The molecule has 0 saturated heterocycles. The van der Waals surface area contributed by atoms with Gasteiger partial charge >= 0.3 is 11.7 Å². The second-order valence-corrected chi connectivity index (χ2v) is 5.85. The zero-order valence-electron chi connectivity index (χ0n) is 11.9. The molecule has 0 radical (unpaired) electrons. The van der Waals surface area contributed by atoms with E-state index in [-0.39, 0.29) is 10.8 Å². The molecule has 2 aromatic heterocycles. The molecule has 0 bridgehead atoms. The maximum Gasteiger partial charge on any atom is 0.369 e. The molecule has 0 fully saturated rings. The van der Waals surface area contributed by atoms with E-state index in [1.165, 1.54) is 29.5 Å². The van der Waals surface area contributed by atoms with Gasteiger partial charge in [-0.3, -0.25) is 0 Å². The number of thiophene rings is 1. The third kappa shape index (κ3) is 3.19. The van der Waals surface area contributed by atoms with E-state index in [4.69, 9.17) is 21.6 Å². The van der Waals surface area contributed by atoms with Crippen LogP contribution in [-0.2, 0) is 11.3 Å². The lowest BCUT2D eigenvalue weighted by molar-refractivity contribution is -0.135. The van der Waals surface area contributed by atoms with Crippen molar-refractivity contribution in [2.24, 2.45) is 0 Å². The highest BCUT2D eigenvalue weighted by Crippen LogP contribution is 2.25. The Morgan fingerprint density at radius 1 is 1.38 bits per heavy atom. The number of nitriles is 1. The number of esters is 1. The molecule has 0 unspecified atom stereocenters. The van der Waals surface area contributed by atoms with E-state index in [9.17, 15) is 9.59 Å². The monoisotopic (exact) mass is 361 g/mol. The second kappa shape index (κ2) is 6.66. The Balaban J connectivity index is 1.74. The normalized spacial score (nSPS) is 10.3. The van der Waals surface area contributed by atoms with E-state index in [1.807, 2.05) is 6.07 Å². The van der Waals surface area contributed by atoms with Crippen molar-refractivity contribution in [3.8, 4) is 16.8 Å². The van der Waals surface area contributed by atoms with Crippen LogP contribution < -0.4 is 10.4 Å². The smallest absolute Gasteiger partial charge is 0.369 e. The minimum absolute atomic E-state index is 0.0966. The molecule has 1 aromatic carbocycles. The predicted molar refractivity (Wildman–Crippen MR) is 85.3 cm³/mol. The van der Waals surface area contributed by atoms with Crippen LogP contribution >= 0.6 is 22.9 Å². The van der Waals surface area contributed by atoms with Crippen LogP contribution in [0.2, 0.25) is 5.02 Å². The lowest BCUT2D eigenvalue weighted by Gasteiger charge is -2.05. The highest BCUT2D eigenvalue weighted by molar-refractivity contribution is 7.12. The predicted octanol–water partition coefficient (Wildman–Crippen LogP) is 1.62. The van der Waals surface area contributed by atoms with Crippen LogP contribution in [0.25, 0.3) is 5.00 Å². The molecule has 120 valence electrons. The van der Waals surface area contributed by atoms with E-state index >= 15 is 0 Å². The number of ether oxygens (including phenoxy) is 1. The number of nitrogens with zero attached hydrogens (tertiary/aromatic N) is 5. The third-order valence-corrected chi connectivity index (χ3v) is 4.06. The number of rotatable bonds is 4. The van der Waals surface area contributed by atoms with Gasteiger partial charge in [0.1, 0.15) is 17.3 Å². The third-order valence-electron chi connectivity index (χ3n) is 2.92. The summed E-state index contributed by atoms with van der Waals surface area (Å²) in [4.78, 5) is 24.1. The molecule has 8 nitrogen and oxygen atoms in total. The minimum Gasteiger partial charge on any atom is -0.424 e. The van der Waals surface area contributed by atoms with Gasteiger partial charge in [-0.05, 0) is 46.1 Å². The Labute approximate surface area is 144 Å². The van der Waals surface area contributed by atoms with Crippen LogP contribution in [0.4, 0.5) is 0 Å². The molecular formula is C14H8ClN5O3S. The number of carbonyl (C=O) groups is 1. The van der Waals surface area contributed by atoms with Crippen LogP contribution in [0.1, 0.15) is 5.56 Å². The van der Waals surface area contributed by atoms with Gasteiger partial charge < -0.3 is 4.74 Å². The van der Waals surface area contributed by atoms with E-state index < -0.39 is 18.2 Å². The summed E-state index contributed by atoms with van der Waals surface area (Å²) in [5.74, 6) is -0.638. The maximum absolute atomic E-state index is 12.1. The van der Waals surface area contributed by atoms with Crippen molar-refractivity contribution >= 4 is 28.9 Å². The lowest BCUT2D eigenvalue weighted by atomic mass is 10.2. The topological polar surface area (TPSA) is 103 Å². The Kier molecular flexibility index (Phi) is 4.41. The summed E-state index contributed by atoms with van der Waals surface area (Å²) in [6.07, 6.45) is 0. The summed E-state index contributed by atoms with van der Waals surface area (Å²) < 4.78 is 7.07. The lowest BCUT2D eigenvalue weighted by Crippen LogP contribution is -2.28. The Morgan fingerprint density at radius 3 is 2.88 bits per heavy atom. The number of hydrogen-bond acceptors (Lipinski definition) is 7. The van der Waals surface area contributed by atoms with Crippen molar-refractivity contribution in [1.82, 2.24) is 19.8 Å². The number of aromatic nitrogens is 4. The zero-order valence-corrected chi connectivity index (χ0v) is 13.5. The summed E-state index contributed by atoms with van der Waals surface area (Å²) in [6, 6.07) is 9.65. The first-order valence-electron chi connectivity index (χ1n) is 6.55. The van der Waals surface area contributed by atoms with Gasteiger partial charge in [0.05, 0.1) is 16.7 Å². The summed E-state index contributed by atoms with van der Waals surface area (Å²) in [7, 11) is 0. The molecule has 0 saturated carbocycles. The van der Waals surface area contributed by atoms with Gasteiger partial charge in [0.25, 0.3) is 0 Å². The number of hydrogen-bond donors (Lipinski definition) is 0. The molecule has 0 spiro atoms. The Bertz CT molecular complexity index is 987. The second-order valence-electron chi connectivity index (χ2n) is 4.51. The van der Waals surface area contributed by atoms with Crippen LogP contribution in [0.15, 0.2) is 40.5 Å². The van der Waals surface area contributed by atoms with Crippen molar-refractivity contribution in [2.75, 3.05) is 0 Å². The van der Waals surface area contributed by atoms with Crippen LogP contribution in [0, 0.1) is 11.3 Å². The first-order chi connectivity index (χ1) is 11.6. The van der Waals surface area contributed by atoms with Gasteiger partial charge in [-0.2, -0.15) is 14.6 Å². The van der Waals surface area contributed by atoms with Gasteiger partial charge in [0, 0.05) is 0 Å². The van der Waals surface area contributed by atoms with Crippen molar-refractivity contribution in [1.29, 1.82) is 5.26 Å².